The van der Waals surface area contributed by atoms with Crippen LogP contribution in [0.15, 0.2) is 95.8 Å². The van der Waals surface area contributed by atoms with E-state index >= 15 is 0 Å². The lowest BCUT2D eigenvalue weighted by molar-refractivity contribution is 0.101. The van der Waals surface area contributed by atoms with Crippen molar-refractivity contribution in [3.8, 4) is 17.2 Å². The number of aromatic nitrogens is 2. The van der Waals surface area contributed by atoms with Crippen LogP contribution in [0.4, 0.5) is 5.69 Å². The smallest absolute Gasteiger partial charge is 0.276 e. The SMILES string of the molecule is O=C(Nc1ccc(Oc2ccccc2Cl)cc1)c1ccc(=O)n(CCOc2ccccc2)n1. The van der Waals surface area contributed by atoms with Crippen molar-refractivity contribution in [2.75, 3.05) is 11.9 Å². The molecule has 1 amide bonds. The molecule has 0 unspecified atom stereocenters. The van der Waals surface area contributed by atoms with Crippen LogP contribution in [0, 0.1) is 0 Å². The number of nitrogens with zero attached hydrogens (tertiary/aromatic N) is 2. The number of anilines is 1. The number of rotatable bonds is 8. The minimum Gasteiger partial charge on any atom is -0.492 e. The lowest BCUT2D eigenvalue weighted by atomic mass is 10.2. The Morgan fingerprint density at radius 1 is 0.879 bits per heavy atom. The number of benzene rings is 3. The summed E-state index contributed by atoms with van der Waals surface area (Å²) < 4.78 is 12.6. The van der Waals surface area contributed by atoms with E-state index in [4.69, 9.17) is 21.1 Å². The first kappa shape index (κ1) is 22.1. The van der Waals surface area contributed by atoms with Gasteiger partial charge in [-0.15, -0.1) is 0 Å². The van der Waals surface area contributed by atoms with Crippen LogP contribution in [0.25, 0.3) is 0 Å². The standard InChI is InChI=1S/C25H20ClN3O4/c26-21-8-4-5-9-23(21)33-20-12-10-18(11-13-20)27-25(31)22-14-15-24(30)29(28-22)16-17-32-19-6-2-1-3-7-19/h1-15H,16-17H2,(H,27,31). The monoisotopic (exact) mass is 461 g/mol. The fourth-order valence-corrected chi connectivity index (χ4v) is 3.13. The number of halogens is 1. The molecular weight excluding hydrogens is 442 g/mol. The van der Waals surface area contributed by atoms with Crippen LogP contribution in [-0.4, -0.2) is 22.3 Å². The molecule has 0 radical (unpaired) electrons. The summed E-state index contributed by atoms with van der Waals surface area (Å²) in [5, 5.41) is 7.42. The van der Waals surface area contributed by atoms with Crippen LogP contribution >= 0.6 is 11.6 Å². The van der Waals surface area contributed by atoms with E-state index in [9.17, 15) is 9.59 Å². The van der Waals surface area contributed by atoms with E-state index < -0.39 is 5.91 Å². The highest BCUT2D eigenvalue weighted by molar-refractivity contribution is 6.32. The molecule has 166 valence electrons. The van der Waals surface area contributed by atoms with E-state index in [0.717, 1.165) is 0 Å². The van der Waals surface area contributed by atoms with Crippen molar-refractivity contribution in [1.29, 1.82) is 0 Å². The summed E-state index contributed by atoms with van der Waals surface area (Å²) in [7, 11) is 0. The number of para-hydroxylation sites is 2. The van der Waals surface area contributed by atoms with Crippen LogP contribution in [0.2, 0.25) is 5.02 Å². The molecule has 0 fully saturated rings. The second kappa shape index (κ2) is 10.5. The number of carbonyl (C=O) groups excluding carboxylic acids is 1. The predicted octanol–water partition coefficient (Wildman–Crippen LogP) is 5.02. The Kier molecular flexibility index (Phi) is 7.02. The number of hydrogen-bond acceptors (Lipinski definition) is 5. The van der Waals surface area contributed by atoms with Gasteiger partial charge in [0.25, 0.3) is 11.5 Å². The summed E-state index contributed by atoms with van der Waals surface area (Å²) in [6.07, 6.45) is 0. The van der Waals surface area contributed by atoms with Gasteiger partial charge < -0.3 is 14.8 Å². The molecule has 0 aliphatic heterocycles. The topological polar surface area (TPSA) is 82.5 Å². The van der Waals surface area contributed by atoms with E-state index in [1.165, 1.54) is 16.8 Å². The van der Waals surface area contributed by atoms with Crippen molar-refractivity contribution in [1.82, 2.24) is 9.78 Å². The predicted molar refractivity (Wildman–Crippen MR) is 126 cm³/mol. The maximum atomic E-state index is 12.6. The Balaban J connectivity index is 1.37. The molecule has 1 N–H and O–H groups in total. The van der Waals surface area contributed by atoms with Crippen molar-refractivity contribution in [2.24, 2.45) is 0 Å². The minimum absolute atomic E-state index is 0.116. The van der Waals surface area contributed by atoms with Gasteiger partial charge in [0.1, 0.15) is 29.5 Å². The Labute approximate surface area is 195 Å². The largest absolute Gasteiger partial charge is 0.492 e. The highest BCUT2D eigenvalue weighted by atomic mass is 35.5. The first-order valence-electron chi connectivity index (χ1n) is 10.2. The Hall–Kier alpha value is -4.10. The van der Waals surface area contributed by atoms with Gasteiger partial charge in [0.2, 0.25) is 0 Å². The fourth-order valence-electron chi connectivity index (χ4n) is 2.95. The molecule has 4 rings (SSSR count). The number of amides is 1. The van der Waals surface area contributed by atoms with Gasteiger partial charge in [0, 0.05) is 11.8 Å². The van der Waals surface area contributed by atoms with Gasteiger partial charge in [-0.25, -0.2) is 4.68 Å². The molecule has 0 bridgehead atoms. The molecule has 0 atom stereocenters. The molecule has 0 saturated carbocycles. The maximum Gasteiger partial charge on any atom is 0.276 e. The Morgan fingerprint density at radius 3 is 2.36 bits per heavy atom. The minimum atomic E-state index is -0.438. The van der Waals surface area contributed by atoms with Crippen LogP contribution < -0.4 is 20.3 Å². The van der Waals surface area contributed by atoms with Crippen molar-refractivity contribution in [3.63, 3.8) is 0 Å². The quantitative estimate of drug-likeness (QED) is 0.398. The molecule has 1 heterocycles. The maximum absolute atomic E-state index is 12.6. The number of hydrogen-bond donors (Lipinski definition) is 1. The van der Waals surface area contributed by atoms with E-state index in [1.807, 2.05) is 42.5 Å². The molecule has 8 heteroatoms. The van der Waals surface area contributed by atoms with Crippen molar-refractivity contribution in [3.05, 3.63) is 112 Å². The molecule has 4 aromatic rings. The van der Waals surface area contributed by atoms with Crippen LogP contribution in [-0.2, 0) is 6.54 Å². The highest BCUT2D eigenvalue weighted by Gasteiger charge is 2.11. The normalized spacial score (nSPS) is 10.5. The van der Waals surface area contributed by atoms with Gasteiger partial charge in [0.15, 0.2) is 0 Å². The van der Waals surface area contributed by atoms with Gasteiger partial charge in [-0.2, -0.15) is 5.10 Å². The molecule has 0 spiro atoms. The van der Waals surface area contributed by atoms with Gasteiger partial charge in [-0.05, 0) is 54.6 Å². The number of ether oxygens (including phenoxy) is 2. The molecule has 33 heavy (non-hydrogen) atoms. The molecule has 0 saturated heterocycles. The van der Waals surface area contributed by atoms with Gasteiger partial charge in [-0.3, -0.25) is 9.59 Å². The highest BCUT2D eigenvalue weighted by Crippen LogP contribution is 2.29. The second-order valence-corrected chi connectivity index (χ2v) is 7.36. The molecule has 0 aliphatic carbocycles. The van der Waals surface area contributed by atoms with Gasteiger partial charge in [-0.1, -0.05) is 41.9 Å². The van der Waals surface area contributed by atoms with E-state index in [0.29, 0.717) is 28.0 Å². The van der Waals surface area contributed by atoms with E-state index in [1.54, 1.807) is 36.4 Å². The summed E-state index contributed by atoms with van der Waals surface area (Å²) in [6, 6.07) is 26.0. The van der Waals surface area contributed by atoms with Crippen molar-refractivity contribution in [2.45, 2.75) is 6.54 Å². The number of nitrogens with one attached hydrogen (secondary N) is 1. The molecule has 0 aliphatic rings. The summed E-state index contributed by atoms with van der Waals surface area (Å²) in [4.78, 5) is 24.7. The van der Waals surface area contributed by atoms with E-state index in [2.05, 4.69) is 10.4 Å². The van der Waals surface area contributed by atoms with Crippen molar-refractivity contribution < 1.29 is 14.3 Å². The number of carbonyl (C=O) groups is 1. The van der Waals surface area contributed by atoms with Crippen molar-refractivity contribution >= 4 is 23.2 Å². The lowest BCUT2D eigenvalue weighted by Gasteiger charge is -2.10. The van der Waals surface area contributed by atoms with E-state index in [-0.39, 0.29) is 24.4 Å². The zero-order valence-electron chi connectivity index (χ0n) is 17.5. The third-order valence-corrected chi connectivity index (χ3v) is 4.90. The Bertz CT molecular complexity index is 1290. The summed E-state index contributed by atoms with van der Waals surface area (Å²) in [6.45, 7) is 0.456. The summed E-state index contributed by atoms with van der Waals surface area (Å²) >= 11 is 6.11. The van der Waals surface area contributed by atoms with Crippen LogP contribution in [0.5, 0.6) is 17.2 Å². The molecule has 3 aromatic carbocycles. The molecular formula is C25H20ClN3O4. The first-order valence-corrected chi connectivity index (χ1v) is 10.6. The van der Waals surface area contributed by atoms with Crippen LogP contribution in [0.1, 0.15) is 10.5 Å². The molecule has 1 aromatic heterocycles. The average Bonchev–Trinajstić information content (AvgIpc) is 2.83. The third kappa shape index (κ3) is 5.99. The Morgan fingerprint density at radius 2 is 1.61 bits per heavy atom. The van der Waals surface area contributed by atoms with Gasteiger partial charge >= 0.3 is 0 Å². The fraction of sp³-hybridized carbons (Fsp3) is 0.0800. The zero-order valence-corrected chi connectivity index (χ0v) is 18.2. The average molecular weight is 462 g/mol. The lowest BCUT2D eigenvalue weighted by Crippen LogP contribution is -2.28. The summed E-state index contributed by atoms with van der Waals surface area (Å²) in [5.41, 5.74) is 0.355. The van der Waals surface area contributed by atoms with Gasteiger partial charge in [0.05, 0.1) is 11.6 Å². The zero-order chi connectivity index (χ0) is 23.0. The summed E-state index contributed by atoms with van der Waals surface area (Å²) in [5.74, 6) is 1.37. The molecule has 7 nitrogen and oxygen atoms in total. The third-order valence-electron chi connectivity index (χ3n) is 4.59. The second-order valence-electron chi connectivity index (χ2n) is 6.95. The van der Waals surface area contributed by atoms with Crippen LogP contribution in [0.3, 0.4) is 0 Å². The first-order chi connectivity index (χ1) is 16.1.